The second-order valence-corrected chi connectivity index (χ2v) is 4.57. The largest absolute Gasteiger partial charge is 0.356 e. The lowest BCUT2D eigenvalue weighted by molar-refractivity contribution is -0.121. The number of hydrogen-bond donors (Lipinski definition) is 3. The number of carbonyl (C=O) groups excluding carboxylic acids is 2. The summed E-state index contributed by atoms with van der Waals surface area (Å²) in [5, 5.41) is 5.63. The number of benzene rings is 1. The molecule has 0 aliphatic carbocycles. The predicted molar refractivity (Wildman–Crippen MR) is 86.6 cm³/mol. The van der Waals surface area contributed by atoms with Crippen LogP contribution in [0.1, 0.15) is 36.0 Å². The van der Waals surface area contributed by atoms with Gasteiger partial charge < -0.3 is 16.4 Å². The zero-order valence-corrected chi connectivity index (χ0v) is 13.0. The molecule has 0 atom stereocenters. The fourth-order valence-corrected chi connectivity index (χ4v) is 1.73. The Morgan fingerprint density at radius 2 is 1.62 bits per heavy atom. The average molecular weight is 314 g/mol. The Bertz CT molecular complexity index is 413. The highest BCUT2D eigenvalue weighted by atomic mass is 35.5. The zero-order chi connectivity index (χ0) is 14.6. The molecule has 21 heavy (non-hydrogen) atoms. The van der Waals surface area contributed by atoms with Gasteiger partial charge in [-0.15, -0.1) is 12.4 Å². The molecule has 0 saturated carbocycles. The summed E-state index contributed by atoms with van der Waals surface area (Å²) in [7, 11) is 0. The smallest absolute Gasteiger partial charge is 0.251 e. The summed E-state index contributed by atoms with van der Waals surface area (Å²) in [5.74, 6) is -0.0788. The lowest BCUT2D eigenvalue weighted by Crippen LogP contribution is -2.28. The van der Waals surface area contributed by atoms with Crippen molar-refractivity contribution in [3.05, 3.63) is 35.9 Å². The molecule has 0 aliphatic rings. The first kappa shape index (κ1) is 19.4. The summed E-state index contributed by atoms with van der Waals surface area (Å²) in [6.45, 7) is 1.83. The highest BCUT2D eigenvalue weighted by molar-refractivity contribution is 5.94. The van der Waals surface area contributed by atoms with E-state index in [0.717, 1.165) is 12.8 Å². The highest BCUT2D eigenvalue weighted by Gasteiger charge is 2.04. The van der Waals surface area contributed by atoms with E-state index in [9.17, 15) is 9.59 Å². The topological polar surface area (TPSA) is 84.2 Å². The van der Waals surface area contributed by atoms with Crippen LogP contribution in [0, 0.1) is 0 Å². The summed E-state index contributed by atoms with van der Waals surface area (Å²) in [5.41, 5.74) is 6.00. The quantitative estimate of drug-likeness (QED) is 0.604. The molecule has 2 amide bonds. The highest BCUT2D eigenvalue weighted by Crippen LogP contribution is 1.98. The van der Waals surface area contributed by atoms with Crippen LogP contribution in [0.25, 0.3) is 0 Å². The molecule has 4 N–H and O–H groups in total. The van der Waals surface area contributed by atoms with Crippen molar-refractivity contribution in [3.63, 3.8) is 0 Å². The zero-order valence-electron chi connectivity index (χ0n) is 12.1. The van der Waals surface area contributed by atoms with Crippen LogP contribution in [0.2, 0.25) is 0 Å². The molecule has 0 bridgehead atoms. The molecular weight excluding hydrogens is 290 g/mol. The number of halogens is 1. The van der Waals surface area contributed by atoms with Crippen LogP contribution < -0.4 is 16.4 Å². The third-order valence-electron chi connectivity index (χ3n) is 2.86. The molecule has 0 spiro atoms. The van der Waals surface area contributed by atoms with Crippen molar-refractivity contribution in [3.8, 4) is 0 Å². The summed E-state index contributed by atoms with van der Waals surface area (Å²) in [6, 6.07) is 9.04. The minimum atomic E-state index is -0.103. The first-order valence-electron chi connectivity index (χ1n) is 7.04. The van der Waals surface area contributed by atoms with Gasteiger partial charge in [0.25, 0.3) is 5.91 Å². The van der Waals surface area contributed by atoms with Gasteiger partial charge in [0.05, 0.1) is 0 Å². The average Bonchev–Trinajstić information content (AvgIpc) is 2.49. The maximum absolute atomic E-state index is 11.7. The molecule has 0 aliphatic heterocycles. The first-order valence-corrected chi connectivity index (χ1v) is 7.04. The minimum absolute atomic E-state index is 0. The van der Waals surface area contributed by atoms with Gasteiger partial charge in [0, 0.05) is 25.1 Å². The van der Waals surface area contributed by atoms with Crippen molar-refractivity contribution in [2.75, 3.05) is 19.6 Å². The number of nitrogens with one attached hydrogen (secondary N) is 2. The molecule has 1 aromatic rings. The first-order chi connectivity index (χ1) is 9.74. The Balaban J connectivity index is 0.00000400. The molecule has 6 heteroatoms. The van der Waals surface area contributed by atoms with E-state index in [0.29, 0.717) is 38.0 Å². The Kier molecular flexibility index (Phi) is 11.3. The molecule has 0 unspecified atom stereocenters. The van der Waals surface area contributed by atoms with E-state index in [4.69, 9.17) is 5.73 Å². The van der Waals surface area contributed by atoms with Crippen LogP contribution in [0.3, 0.4) is 0 Å². The maximum Gasteiger partial charge on any atom is 0.251 e. The molecule has 5 nitrogen and oxygen atoms in total. The predicted octanol–water partition coefficient (Wildman–Crippen LogP) is 1.47. The number of hydrogen-bond acceptors (Lipinski definition) is 3. The molecule has 0 heterocycles. The van der Waals surface area contributed by atoms with Gasteiger partial charge in [-0.2, -0.15) is 0 Å². The van der Waals surface area contributed by atoms with Crippen molar-refractivity contribution in [1.29, 1.82) is 0 Å². The number of amides is 2. The fraction of sp³-hybridized carbons (Fsp3) is 0.467. The van der Waals surface area contributed by atoms with E-state index < -0.39 is 0 Å². The van der Waals surface area contributed by atoms with Gasteiger partial charge >= 0.3 is 0 Å². The number of rotatable bonds is 9. The van der Waals surface area contributed by atoms with Crippen molar-refractivity contribution < 1.29 is 9.59 Å². The van der Waals surface area contributed by atoms with Crippen molar-refractivity contribution >= 4 is 24.2 Å². The van der Waals surface area contributed by atoms with Gasteiger partial charge in [0.2, 0.25) is 5.91 Å². The van der Waals surface area contributed by atoms with Crippen LogP contribution in [-0.2, 0) is 4.79 Å². The van der Waals surface area contributed by atoms with Gasteiger partial charge in [-0.1, -0.05) is 18.2 Å². The van der Waals surface area contributed by atoms with Crippen LogP contribution in [0.5, 0.6) is 0 Å². The monoisotopic (exact) mass is 313 g/mol. The number of nitrogens with two attached hydrogens (primary N) is 1. The fourth-order valence-electron chi connectivity index (χ4n) is 1.73. The van der Waals surface area contributed by atoms with Crippen molar-refractivity contribution in [2.24, 2.45) is 5.73 Å². The summed E-state index contributed by atoms with van der Waals surface area (Å²) in [4.78, 5) is 23.2. The molecular formula is C15H24ClN3O2. The molecule has 1 rings (SSSR count). The third kappa shape index (κ3) is 9.05. The van der Waals surface area contributed by atoms with Gasteiger partial charge in [-0.25, -0.2) is 0 Å². The normalized spacial score (nSPS) is 9.57. The van der Waals surface area contributed by atoms with E-state index >= 15 is 0 Å². The van der Waals surface area contributed by atoms with Crippen LogP contribution >= 0.6 is 12.4 Å². The van der Waals surface area contributed by atoms with E-state index in [1.54, 1.807) is 12.1 Å². The second kappa shape index (κ2) is 12.2. The lowest BCUT2D eigenvalue weighted by Gasteiger charge is -2.06. The van der Waals surface area contributed by atoms with Gasteiger partial charge in [-0.05, 0) is 37.9 Å². The lowest BCUT2D eigenvalue weighted by atomic mass is 10.2. The van der Waals surface area contributed by atoms with E-state index in [2.05, 4.69) is 10.6 Å². The Morgan fingerprint density at radius 1 is 0.952 bits per heavy atom. The van der Waals surface area contributed by atoms with Crippen molar-refractivity contribution in [2.45, 2.75) is 25.7 Å². The number of carbonyl (C=O) groups is 2. The van der Waals surface area contributed by atoms with E-state index in [1.807, 2.05) is 18.2 Å². The molecule has 0 aromatic heterocycles. The maximum atomic E-state index is 11.7. The molecule has 0 radical (unpaired) electrons. The van der Waals surface area contributed by atoms with E-state index in [1.165, 1.54) is 0 Å². The van der Waals surface area contributed by atoms with Gasteiger partial charge in [-0.3, -0.25) is 9.59 Å². The standard InChI is InChI=1S/C15H23N3O2.ClH/c16-10-4-5-11-17-14(19)9-6-12-18-15(20)13-7-2-1-3-8-13;/h1-3,7-8H,4-6,9-12,16H2,(H,17,19)(H,18,20);1H. The van der Waals surface area contributed by atoms with Crippen LogP contribution in [0.15, 0.2) is 30.3 Å². The minimum Gasteiger partial charge on any atom is -0.356 e. The molecule has 0 saturated heterocycles. The van der Waals surface area contributed by atoms with Crippen LogP contribution in [0.4, 0.5) is 0 Å². The number of unbranched alkanes of at least 4 members (excludes halogenated alkanes) is 1. The SMILES string of the molecule is Cl.NCCCCNC(=O)CCCNC(=O)c1ccccc1. The van der Waals surface area contributed by atoms with Gasteiger partial charge in [0.1, 0.15) is 0 Å². The summed E-state index contributed by atoms with van der Waals surface area (Å²) < 4.78 is 0. The van der Waals surface area contributed by atoms with Crippen molar-refractivity contribution in [1.82, 2.24) is 10.6 Å². The van der Waals surface area contributed by atoms with E-state index in [-0.39, 0.29) is 24.2 Å². The molecule has 118 valence electrons. The second-order valence-electron chi connectivity index (χ2n) is 4.57. The summed E-state index contributed by atoms with van der Waals surface area (Å²) in [6.07, 6.45) is 2.90. The Hall–Kier alpha value is -1.59. The third-order valence-corrected chi connectivity index (χ3v) is 2.86. The molecule has 1 aromatic carbocycles. The van der Waals surface area contributed by atoms with Crippen LogP contribution in [-0.4, -0.2) is 31.4 Å². The van der Waals surface area contributed by atoms with Gasteiger partial charge in [0.15, 0.2) is 0 Å². The summed E-state index contributed by atoms with van der Waals surface area (Å²) >= 11 is 0. The Labute approximate surface area is 132 Å². The molecule has 0 fully saturated rings. The Morgan fingerprint density at radius 3 is 2.29 bits per heavy atom.